The van der Waals surface area contributed by atoms with Crippen LogP contribution in [0.4, 0.5) is 0 Å². The molecule has 0 saturated heterocycles. The molecule has 19 heavy (non-hydrogen) atoms. The molecule has 0 radical (unpaired) electrons. The lowest BCUT2D eigenvalue weighted by molar-refractivity contribution is 0.201. The Morgan fingerprint density at radius 3 is 2.58 bits per heavy atom. The molecule has 2 atom stereocenters. The lowest BCUT2D eigenvalue weighted by Gasteiger charge is -2.08. The van der Waals surface area contributed by atoms with E-state index in [9.17, 15) is 8.42 Å². The van der Waals surface area contributed by atoms with Gasteiger partial charge in [-0.15, -0.1) is 0 Å². The highest BCUT2D eigenvalue weighted by Crippen LogP contribution is 2.34. The van der Waals surface area contributed by atoms with Crippen LogP contribution in [0.1, 0.15) is 19.8 Å². The first-order valence-electron chi connectivity index (χ1n) is 6.43. The van der Waals surface area contributed by atoms with Crippen LogP contribution in [0.2, 0.25) is 0 Å². The molecule has 0 spiro atoms. The molecule has 1 aliphatic rings. The van der Waals surface area contributed by atoms with Crippen molar-refractivity contribution >= 4 is 10.0 Å². The second-order valence-corrected chi connectivity index (χ2v) is 6.39. The highest BCUT2D eigenvalue weighted by atomic mass is 32.2. The third kappa shape index (κ3) is 3.68. The topological polar surface area (TPSA) is 75.6 Å². The SMILES string of the molecule is CCC1CC1NS(=O)(=O)c1ccc(OCCO)cc1. The molecule has 2 N–H and O–H groups in total. The fraction of sp³-hybridized carbons (Fsp3) is 0.538. The maximum atomic E-state index is 12.1. The molecular formula is C13H19NO4S. The predicted octanol–water partition coefficient (Wildman–Crippen LogP) is 1.13. The van der Waals surface area contributed by atoms with Gasteiger partial charge in [-0.05, 0) is 36.6 Å². The molecule has 0 aliphatic heterocycles. The minimum Gasteiger partial charge on any atom is -0.491 e. The second-order valence-electron chi connectivity index (χ2n) is 4.68. The molecule has 0 amide bonds. The number of benzene rings is 1. The third-order valence-electron chi connectivity index (χ3n) is 3.25. The van der Waals surface area contributed by atoms with Gasteiger partial charge in [0.1, 0.15) is 12.4 Å². The van der Waals surface area contributed by atoms with E-state index in [1.165, 1.54) is 12.1 Å². The number of nitrogens with one attached hydrogen (secondary N) is 1. The lowest BCUT2D eigenvalue weighted by Crippen LogP contribution is -2.27. The van der Waals surface area contributed by atoms with Crippen LogP contribution in [-0.2, 0) is 10.0 Å². The maximum Gasteiger partial charge on any atom is 0.240 e. The third-order valence-corrected chi connectivity index (χ3v) is 4.75. The van der Waals surface area contributed by atoms with Crippen LogP contribution in [0.3, 0.4) is 0 Å². The molecule has 2 unspecified atom stereocenters. The summed E-state index contributed by atoms with van der Waals surface area (Å²) in [7, 11) is -3.43. The Morgan fingerprint density at radius 2 is 2.05 bits per heavy atom. The summed E-state index contributed by atoms with van der Waals surface area (Å²) in [4.78, 5) is 0.241. The Morgan fingerprint density at radius 1 is 1.37 bits per heavy atom. The van der Waals surface area contributed by atoms with E-state index in [0.29, 0.717) is 11.7 Å². The molecular weight excluding hydrogens is 266 g/mol. The van der Waals surface area contributed by atoms with Crippen molar-refractivity contribution in [2.24, 2.45) is 5.92 Å². The van der Waals surface area contributed by atoms with E-state index in [2.05, 4.69) is 11.6 Å². The molecule has 1 fully saturated rings. The Bertz CT molecular complexity index is 512. The number of ether oxygens (including phenoxy) is 1. The maximum absolute atomic E-state index is 12.1. The summed E-state index contributed by atoms with van der Waals surface area (Å²) in [6, 6.07) is 6.29. The Hall–Kier alpha value is -1.11. The van der Waals surface area contributed by atoms with Crippen LogP contribution in [0.5, 0.6) is 5.75 Å². The summed E-state index contributed by atoms with van der Waals surface area (Å²) < 4.78 is 32.0. The van der Waals surface area contributed by atoms with Crippen molar-refractivity contribution in [3.63, 3.8) is 0 Å². The average Bonchev–Trinajstić information content (AvgIpc) is 3.14. The zero-order valence-electron chi connectivity index (χ0n) is 10.9. The van der Waals surface area contributed by atoms with Crippen LogP contribution in [0.25, 0.3) is 0 Å². The van der Waals surface area contributed by atoms with Gasteiger partial charge in [-0.1, -0.05) is 13.3 Å². The molecule has 0 heterocycles. The first-order chi connectivity index (χ1) is 9.06. The van der Waals surface area contributed by atoms with Crippen molar-refractivity contribution in [2.45, 2.75) is 30.7 Å². The van der Waals surface area contributed by atoms with E-state index in [1.807, 2.05) is 0 Å². The van der Waals surface area contributed by atoms with Gasteiger partial charge in [0.2, 0.25) is 10.0 Å². The van der Waals surface area contributed by atoms with E-state index >= 15 is 0 Å². The van der Waals surface area contributed by atoms with E-state index in [-0.39, 0.29) is 24.2 Å². The number of sulfonamides is 1. The minimum atomic E-state index is -3.43. The number of hydrogen-bond acceptors (Lipinski definition) is 4. The normalized spacial score (nSPS) is 22.2. The van der Waals surface area contributed by atoms with Crippen LogP contribution in [-0.4, -0.2) is 32.8 Å². The quantitative estimate of drug-likeness (QED) is 0.787. The Kier molecular flexibility index (Phi) is 4.44. The zero-order valence-corrected chi connectivity index (χ0v) is 11.7. The first kappa shape index (κ1) is 14.3. The second kappa shape index (κ2) is 5.90. The van der Waals surface area contributed by atoms with E-state index in [0.717, 1.165) is 12.8 Å². The van der Waals surface area contributed by atoms with Crippen LogP contribution in [0, 0.1) is 5.92 Å². The monoisotopic (exact) mass is 285 g/mol. The number of rotatable bonds is 7. The van der Waals surface area contributed by atoms with Crippen LogP contribution in [0.15, 0.2) is 29.2 Å². The van der Waals surface area contributed by atoms with Gasteiger partial charge in [0.25, 0.3) is 0 Å². The summed E-state index contributed by atoms with van der Waals surface area (Å²) in [5, 5.41) is 8.63. The molecule has 1 aliphatic carbocycles. The van der Waals surface area contributed by atoms with Crippen LogP contribution >= 0.6 is 0 Å². The van der Waals surface area contributed by atoms with E-state index < -0.39 is 10.0 Å². The molecule has 1 aromatic carbocycles. The van der Waals surface area contributed by atoms with Gasteiger partial charge in [-0.25, -0.2) is 13.1 Å². The van der Waals surface area contributed by atoms with Gasteiger partial charge in [-0.3, -0.25) is 0 Å². The van der Waals surface area contributed by atoms with Gasteiger partial charge < -0.3 is 9.84 Å². The van der Waals surface area contributed by atoms with Crippen molar-refractivity contribution in [3.8, 4) is 5.75 Å². The minimum absolute atomic E-state index is 0.0678. The molecule has 5 nitrogen and oxygen atoms in total. The van der Waals surface area contributed by atoms with E-state index in [1.54, 1.807) is 12.1 Å². The standard InChI is InChI=1S/C13H19NO4S/c1-2-10-9-13(10)14-19(16,17)12-5-3-11(4-6-12)18-8-7-15/h3-6,10,13-15H,2,7-9H2,1H3. The van der Waals surface area contributed by atoms with Gasteiger partial charge in [0.05, 0.1) is 11.5 Å². The summed E-state index contributed by atoms with van der Waals surface area (Å²) in [5.41, 5.74) is 0. The fourth-order valence-electron chi connectivity index (χ4n) is 1.99. The van der Waals surface area contributed by atoms with Crippen molar-refractivity contribution < 1.29 is 18.3 Å². The molecule has 2 rings (SSSR count). The largest absolute Gasteiger partial charge is 0.491 e. The summed E-state index contributed by atoms with van der Waals surface area (Å²) in [6.45, 7) is 2.19. The van der Waals surface area contributed by atoms with Gasteiger partial charge >= 0.3 is 0 Å². The predicted molar refractivity (Wildman–Crippen MR) is 71.5 cm³/mol. The zero-order chi connectivity index (χ0) is 13.9. The molecule has 6 heteroatoms. The average molecular weight is 285 g/mol. The lowest BCUT2D eigenvalue weighted by atomic mass is 10.3. The van der Waals surface area contributed by atoms with Crippen LogP contribution < -0.4 is 9.46 Å². The molecule has 106 valence electrons. The van der Waals surface area contributed by atoms with Crippen molar-refractivity contribution in [2.75, 3.05) is 13.2 Å². The number of hydrogen-bond donors (Lipinski definition) is 2. The summed E-state index contributed by atoms with van der Waals surface area (Å²) in [6.07, 6.45) is 1.93. The van der Waals surface area contributed by atoms with E-state index in [4.69, 9.17) is 9.84 Å². The Balaban J connectivity index is 2.00. The van der Waals surface area contributed by atoms with Gasteiger partial charge in [0, 0.05) is 6.04 Å². The first-order valence-corrected chi connectivity index (χ1v) is 7.91. The van der Waals surface area contributed by atoms with Crippen molar-refractivity contribution in [3.05, 3.63) is 24.3 Å². The molecule has 0 aromatic heterocycles. The fourth-order valence-corrected chi connectivity index (χ4v) is 3.31. The summed E-state index contributed by atoms with van der Waals surface area (Å²) in [5.74, 6) is 1.02. The number of aliphatic hydroxyl groups excluding tert-OH is 1. The Labute approximate surface area is 113 Å². The van der Waals surface area contributed by atoms with Gasteiger partial charge in [-0.2, -0.15) is 0 Å². The van der Waals surface area contributed by atoms with Gasteiger partial charge in [0.15, 0.2) is 0 Å². The molecule has 1 aromatic rings. The highest BCUT2D eigenvalue weighted by molar-refractivity contribution is 7.89. The van der Waals surface area contributed by atoms with Crippen molar-refractivity contribution in [1.82, 2.24) is 4.72 Å². The highest BCUT2D eigenvalue weighted by Gasteiger charge is 2.38. The number of aliphatic hydroxyl groups is 1. The smallest absolute Gasteiger partial charge is 0.240 e. The molecule has 1 saturated carbocycles. The summed E-state index contributed by atoms with van der Waals surface area (Å²) >= 11 is 0. The van der Waals surface area contributed by atoms with Crippen molar-refractivity contribution in [1.29, 1.82) is 0 Å². The molecule has 0 bridgehead atoms.